The van der Waals surface area contributed by atoms with Crippen LogP contribution in [0.15, 0.2) is 261 Å². The van der Waals surface area contributed by atoms with Crippen molar-refractivity contribution in [3.63, 3.8) is 0 Å². The van der Waals surface area contributed by atoms with Gasteiger partial charge in [-0.25, -0.2) is 0 Å². The van der Waals surface area contributed by atoms with Gasteiger partial charge in [0.1, 0.15) is 0 Å². The van der Waals surface area contributed by atoms with E-state index in [1.54, 1.807) is 0 Å². The highest BCUT2D eigenvalue weighted by atomic mass is 15.1. The summed E-state index contributed by atoms with van der Waals surface area (Å²) >= 11 is 0. The maximum Gasteiger partial charge on any atom is 0.0714 e. The molecule has 66 heavy (non-hydrogen) atoms. The van der Waals surface area contributed by atoms with E-state index < -0.39 is 5.41 Å². The van der Waals surface area contributed by atoms with Crippen LogP contribution in [0.25, 0.3) is 76.5 Å². The van der Waals surface area contributed by atoms with Gasteiger partial charge in [0.05, 0.1) is 5.41 Å². The minimum Gasteiger partial charge on any atom is -0.310 e. The van der Waals surface area contributed by atoms with Gasteiger partial charge < -0.3 is 4.90 Å². The number of benzene rings is 12. The molecular formula is C65H43N. The lowest BCUT2D eigenvalue weighted by molar-refractivity contribution is 0.768. The molecular weight excluding hydrogens is 795 g/mol. The molecule has 1 heteroatoms. The largest absolute Gasteiger partial charge is 0.310 e. The second kappa shape index (κ2) is 15.3. The number of fused-ring (bicyclic) bond motifs is 9. The average Bonchev–Trinajstić information content (AvgIpc) is 3.69. The lowest BCUT2D eigenvalue weighted by Gasteiger charge is -2.35. The van der Waals surface area contributed by atoms with Gasteiger partial charge in [-0.05, 0) is 147 Å². The first-order valence-corrected chi connectivity index (χ1v) is 22.9. The van der Waals surface area contributed by atoms with Gasteiger partial charge in [0.2, 0.25) is 0 Å². The van der Waals surface area contributed by atoms with Gasteiger partial charge in [0.25, 0.3) is 0 Å². The third-order valence-corrected chi connectivity index (χ3v) is 14.1. The van der Waals surface area contributed by atoms with E-state index in [9.17, 15) is 0 Å². The summed E-state index contributed by atoms with van der Waals surface area (Å²) in [5.41, 5.74) is 15.2. The highest BCUT2D eigenvalue weighted by Gasteiger charge is 2.46. The van der Waals surface area contributed by atoms with Crippen LogP contribution in [0.5, 0.6) is 0 Å². The van der Waals surface area contributed by atoms with Crippen molar-refractivity contribution >= 4 is 60.2 Å². The Morgan fingerprint density at radius 3 is 1.53 bits per heavy atom. The van der Waals surface area contributed by atoms with Crippen molar-refractivity contribution in [2.75, 3.05) is 4.90 Å². The van der Waals surface area contributed by atoms with Gasteiger partial charge in [0.15, 0.2) is 0 Å². The first-order valence-electron chi connectivity index (χ1n) is 22.9. The lowest BCUT2D eigenvalue weighted by atomic mass is 9.67. The van der Waals surface area contributed by atoms with Crippen LogP contribution < -0.4 is 4.90 Å². The third kappa shape index (κ3) is 5.94. The molecule has 0 unspecified atom stereocenters. The van der Waals surface area contributed by atoms with Crippen LogP contribution in [0.3, 0.4) is 0 Å². The van der Waals surface area contributed by atoms with Crippen molar-refractivity contribution in [1.82, 2.24) is 0 Å². The Bertz CT molecular complexity index is 3770. The molecule has 0 saturated carbocycles. The van der Waals surface area contributed by atoms with Crippen LogP contribution in [0.4, 0.5) is 17.1 Å². The predicted molar refractivity (Wildman–Crippen MR) is 279 cm³/mol. The molecule has 308 valence electrons. The van der Waals surface area contributed by atoms with Gasteiger partial charge in [-0.1, -0.05) is 212 Å². The molecule has 0 amide bonds. The van der Waals surface area contributed by atoms with Crippen molar-refractivity contribution in [2.24, 2.45) is 0 Å². The molecule has 0 N–H and O–H groups in total. The number of anilines is 3. The van der Waals surface area contributed by atoms with E-state index >= 15 is 0 Å². The molecule has 0 bridgehead atoms. The van der Waals surface area contributed by atoms with E-state index in [4.69, 9.17) is 0 Å². The number of hydrogen-bond acceptors (Lipinski definition) is 1. The molecule has 0 saturated heterocycles. The lowest BCUT2D eigenvalue weighted by Crippen LogP contribution is -2.28. The van der Waals surface area contributed by atoms with Crippen molar-refractivity contribution in [3.05, 3.63) is 283 Å². The Kier molecular flexibility index (Phi) is 8.82. The van der Waals surface area contributed by atoms with Crippen molar-refractivity contribution in [1.29, 1.82) is 0 Å². The van der Waals surface area contributed by atoms with E-state index in [2.05, 4.69) is 266 Å². The summed E-state index contributed by atoms with van der Waals surface area (Å²) in [5, 5.41) is 10.1. The fraction of sp³-hybridized carbons (Fsp3) is 0.0154. The minimum atomic E-state index is -0.521. The molecule has 12 aromatic carbocycles. The first kappa shape index (κ1) is 38.0. The second-order valence-corrected chi connectivity index (χ2v) is 17.6. The van der Waals surface area contributed by atoms with E-state index in [1.165, 1.54) is 98.7 Å². The van der Waals surface area contributed by atoms with Gasteiger partial charge in [0, 0.05) is 17.1 Å². The second-order valence-electron chi connectivity index (χ2n) is 17.6. The maximum absolute atomic E-state index is 2.47. The quantitative estimate of drug-likeness (QED) is 0.145. The SMILES string of the molecule is c1ccc(C2(c3ccccc3)c3ccccc3-c3ccc(N(c4ccc(-c5cc6ccccc6c6ccccc56)cc4)c4cccc(-c5ccc6ccc7ccccc7c6c5)c4)cc32)cc1. The average molecular weight is 838 g/mol. The summed E-state index contributed by atoms with van der Waals surface area (Å²) in [6, 6.07) is 96.5. The monoisotopic (exact) mass is 837 g/mol. The Labute approximate surface area is 385 Å². The number of rotatable bonds is 7. The molecule has 0 aliphatic heterocycles. The van der Waals surface area contributed by atoms with E-state index in [0.29, 0.717) is 0 Å². The summed E-state index contributed by atoms with van der Waals surface area (Å²) in [6.45, 7) is 0. The van der Waals surface area contributed by atoms with E-state index in [-0.39, 0.29) is 0 Å². The molecule has 0 aromatic heterocycles. The van der Waals surface area contributed by atoms with Crippen LogP contribution in [0.2, 0.25) is 0 Å². The van der Waals surface area contributed by atoms with Crippen LogP contribution in [-0.2, 0) is 5.41 Å². The van der Waals surface area contributed by atoms with Crippen LogP contribution >= 0.6 is 0 Å². The van der Waals surface area contributed by atoms with Gasteiger partial charge >= 0.3 is 0 Å². The molecule has 0 heterocycles. The number of hydrogen-bond donors (Lipinski definition) is 0. The molecule has 13 rings (SSSR count). The first-order chi connectivity index (χ1) is 32.7. The van der Waals surface area contributed by atoms with Crippen LogP contribution in [-0.4, -0.2) is 0 Å². The molecule has 0 spiro atoms. The summed E-state index contributed by atoms with van der Waals surface area (Å²) in [7, 11) is 0. The predicted octanol–water partition coefficient (Wildman–Crippen LogP) is 17.5. The fourth-order valence-corrected chi connectivity index (χ4v) is 11.1. The van der Waals surface area contributed by atoms with E-state index in [1.807, 2.05) is 0 Å². The molecule has 1 aliphatic carbocycles. The minimum absolute atomic E-state index is 0.521. The highest BCUT2D eigenvalue weighted by Crippen LogP contribution is 2.57. The Morgan fingerprint density at radius 1 is 0.242 bits per heavy atom. The van der Waals surface area contributed by atoms with Crippen molar-refractivity contribution in [2.45, 2.75) is 5.41 Å². The fourth-order valence-electron chi connectivity index (χ4n) is 11.1. The summed E-state index contributed by atoms with van der Waals surface area (Å²) in [5.74, 6) is 0. The van der Waals surface area contributed by atoms with Crippen molar-refractivity contribution in [3.8, 4) is 33.4 Å². The van der Waals surface area contributed by atoms with Gasteiger partial charge in [-0.15, -0.1) is 0 Å². The van der Waals surface area contributed by atoms with Crippen LogP contribution in [0, 0.1) is 0 Å². The standard InChI is InChI=1S/C65H43N/c1-3-19-50(20-4-1)65(51-21-5-2-6-22-51)63-29-14-13-28-59(63)60-39-38-54(43-64(60)65)66(52-36-34-46(35-37-52)62-42-49-17-8-10-25-56(49)57-26-11-12-27-58(57)62)53-23-15-18-47(40-53)48-33-32-45-31-30-44-16-7-9-24-55(44)61(45)41-48/h1-43H. The van der Waals surface area contributed by atoms with Gasteiger partial charge in [-0.3, -0.25) is 0 Å². The van der Waals surface area contributed by atoms with Gasteiger partial charge in [-0.2, -0.15) is 0 Å². The molecule has 0 radical (unpaired) electrons. The van der Waals surface area contributed by atoms with Crippen molar-refractivity contribution < 1.29 is 0 Å². The Balaban J connectivity index is 1.02. The topological polar surface area (TPSA) is 3.24 Å². The highest BCUT2D eigenvalue weighted by molar-refractivity contribution is 6.14. The summed E-state index contributed by atoms with van der Waals surface area (Å²) < 4.78 is 0. The molecule has 0 fully saturated rings. The third-order valence-electron chi connectivity index (χ3n) is 14.1. The van der Waals surface area contributed by atoms with Crippen LogP contribution in [0.1, 0.15) is 22.3 Å². The molecule has 1 nitrogen and oxygen atoms in total. The normalized spacial score (nSPS) is 12.7. The smallest absolute Gasteiger partial charge is 0.0714 e. The van der Waals surface area contributed by atoms with E-state index in [0.717, 1.165) is 17.1 Å². The zero-order valence-corrected chi connectivity index (χ0v) is 36.3. The summed E-state index contributed by atoms with van der Waals surface area (Å²) in [4.78, 5) is 2.45. The zero-order chi connectivity index (χ0) is 43.6. The molecule has 0 atom stereocenters. The Morgan fingerprint density at radius 2 is 0.773 bits per heavy atom. The zero-order valence-electron chi connectivity index (χ0n) is 36.3. The maximum atomic E-state index is 2.47. The molecule has 1 aliphatic rings. The molecule has 12 aromatic rings. The summed E-state index contributed by atoms with van der Waals surface area (Å²) in [6.07, 6.45) is 0. The Hall–Kier alpha value is -8.52. The number of nitrogens with zero attached hydrogens (tertiary/aromatic N) is 1.